The van der Waals surface area contributed by atoms with Crippen LogP contribution in [0.25, 0.3) is 5.57 Å². The Bertz CT molecular complexity index is 1450. The fourth-order valence-electron chi connectivity index (χ4n) is 4.53. The second kappa shape index (κ2) is 14.6. The van der Waals surface area contributed by atoms with E-state index in [2.05, 4.69) is 16.7 Å². The van der Waals surface area contributed by atoms with Crippen LogP contribution >= 0.6 is 0 Å². The number of carbonyl (C=O) groups is 1. The van der Waals surface area contributed by atoms with Crippen molar-refractivity contribution in [1.82, 2.24) is 4.90 Å². The minimum absolute atomic E-state index is 0.186. The molecule has 0 aliphatic carbocycles. The van der Waals surface area contributed by atoms with Gasteiger partial charge in [-0.3, -0.25) is 9.11 Å². The lowest BCUT2D eigenvalue weighted by Crippen LogP contribution is -2.35. The number of ether oxygens (including phenoxy) is 2. The van der Waals surface area contributed by atoms with Gasteiger partial charge in [-0.15, -0.1) is 0 Å². The first kappa shape index (κ1) is 30.1. The fraction of sp³-hybridized carbons (Fsp3) is 0.303. The van der Waals surface area contributed by atoms with E-state index >= 15 is 0 Å². The summed E-state index contributed by atoms with van der Waals surface area (Å²) >= 11 is 0. The molecule has 214 valence electrons. The summed E-state index contributed by atoms with van der Waals surface area (Å²) in [4.78, 5) is 13.8. The van der Waals surface area contributed by atoms with Crippen LogP contribution in [0.3, 0.4) is 0 Å². The second-order valence-electron chi connectivity index (χ2n) is 9.90. The number of nitrogens with zero attached hydrogens (tertiary/aromatic N) is 1. The quantitative estimate of drug-likeness (QED) is 0.345. The molecular formula is C33H35NO6S. The molecule has 4 rings (SSSR count). The molecule has 2 N–H and O–H groups in total. The Morgan fingerprint density at radius 2 is 1.68 bits per heavy atom. The van der Waals surface area contributed by atoms with Crippen molar-refractivity contribution in [2.45, 2.75) is 30.8 Å². The molecule has 1 heterocycles. The Morgan fingerprint density at radius 3 is 2.29 bits per heavy atom. The molecule has 0 spiro atoms. The fourth-order valence-corrected chi connectivity index (χ4v) is 5.05. The lowest BCUT2D eigenvalue weighted by atomic mass is 9.97. The number of aliphatic hydroxyl groups excluding tert-OH is 1. The third-order valence-electron chi connectivity index (χ3n) is 6.82. The number of carboxylic acids is 1. The molecule has 0 saturated carbocycles. The van der Waals surface area contributed by atoms with Gasteiger partial charge in [0.05, 0.1) is 12.6 Å². The van der Waals surface area contributed by atoms with Crippen LogP contribution in [-0.4, -0.2) is 70.5 Å². The van der Waals surface area contributed by atoms with Gasteiger partial charge in [0.2, 0.25) is 0 Å². The molecule has 0 aromatic heterocycles. The van der Waals surface area contributed by atoms with Gasteiger partial charge in [0.1, 0.15) is 18.1 Å². The molecule has 1 unspecified atom stereocenters. The van der Waals surface area contributed by atoms with Crippen molar-refractivity contribution in [3.05, 3.63) is 95.1 Å². The van der Waals surface area contributed by atoms with E-state index in [0.717, 1.165) is 58.7 Å². The first-order valence-corrected chi connectivity index (χ1v) is 15.1. The van der Waals surface area contributed by atoms with Crippen LogP contribution in [0, 0.1) is 18.8 Å². The van der Waals surface area contributed by atoms with Crippen LogP contribution in [0.15, 0.2) is 77.7 Å². The van der Waals surface area contributed by atoms with E-state index in [1.54, 1.807) is 18.4 Å². The summed E-state index contributed by atoms with van der Waals surface area (Å²) < 4.78 is 23.2. The molecule has 1 saturated heterocycles. The van der Waals surface area contributed by atoms with Gasteiger partial charge >= 0.3 is 5.97 Å². The van der Waals surface area contributed by atoms with Gasteiger partial charge in [0.15, 0.2) is 6.61 Å². The first-order chi connectivity index (χ1) is 19.8. The normalized spacial score (nSPS) is 15.0. The molecule has 7 nitrogen and oxygen atoms in total. The number of carboxylic acid groups (broad SMARTS) is 1. The lowest BCUT2D eigenvalue weighted by molar-refractivity contribution is -0.139. The number of piperidine rings is 1. The molecule has 0 amide bonds. The lowest BCUT2D eigenvalue weighted by Gasteiger charge is -2.27. The summed E-state index contributed by atoms with van der Waals surface area (Å²) in [7, 11) is -1.06. The Morgan fingerprint density at radius 1 is 1.02 bits per heavy atom. The van der Waals surface area contributed by atoms with Gasteiger partial charge in [-0.2, -0.15) is 0 Å². The van der Waals surface area contributed by atoms with E-state index in [1.807, 2.05) is 67.6 Å². The minimum atomic E-state index is -1.06. The van der Waals surface area contributed by atoms with E-state index in [-0.39, 0.29) is 6.10 Å². The number of aryl methyl sites for hydroxylation is 1. The number of benzene rings is 3. The number of aliphatic carboxylic acids is 1. The molecule has 0 bridgehead atoms. The second-order valence-corrected chi connectivity index (χ2v) is 11.3. The van der Waals surface area contributed by atoms with Gasteiger partial charge in [-0.1, -0.05) is 36.1 Å². The van der Waals surface area contributed by atoms with Crippen molar-refractivity contribution in [1.29, 1.82) is 0 Å². The number of aliphatic hydroxyl groups is 1. The molecule has 1 atom stereocenters. The summed E-state index contributed by atoms with van der Waals surface area (Å²) in [6.07, 6.45) is 5.09. The number of likely N-dealkylation sites (tertiary alicyclic amines) is 1. The molecule has 0 radical (unpaired) electrons. The standard InChI is InChI=1S/C33H35NO6S/c1-24-22-29(11-14-32(24)40-23-33(36)37)39-21-17-31(27-9-12-30(13-10-27)41(2)38)26-7-5-25(6-8-26)4-3-18-34-19-15-28(35)16-20-34/h5-14,17,22,28,35H,15-16,18-21,23H2,1-2H3,(H,36,37). The molecule has 1 fully saturated rings. The van der Waals surface area contributed by atoms with Crippen molar-refractivity contribution >= 4 is 22.3 Å². The topological polar surface area (TPSA) is 96.3 Å². The Hall–Kier alpha value is -3.90. The van der Waals surface area contributed by atoms with E-state index in [1.165, 1.54) is 0 Å². The van der Waals surface area contributed by atoms with Crippen LogP contribution < -0.4 is 9.47 Å². The van der Waals surface area contributed by atoms with Gasteiger partial charge in [-0.05, 0) is 90.6 Å². The molecular weight excluding hydrogens is 538 g/mol. The van der Waals surface area contributed by atoms with E-state index < -0.39 is 23.4 Å². The predicted molar refractivity (Wildman–Crippen MR) is 161 cm³/mol. The average molecular weight is 574 g/mol. The smallest absolute Gasteiger partial charge is 0.341 e. The monoisotopic (exact) mass is 573 g/mol. The zero-order chi connectivity index (χ0) is 29.2. The Labute approximate surface area is 243 Å². The molecule has 1 aliphatic heterocycles. The van der Waals surface area contributed by atoms with E-state index in [9.17, 15) is 14.1 Å². The van der Waals surface area contributed by atoms with Crippen LogP contribution in [0.1, 0.15) is 35.1 Å². The van der Waals surface area contributed by atoms with E-state index in [4.69, 9.17) is 14.6 Å². The Balaban J connectivity index is 1.48. The highest BCUT2D eigenvalue weighted by Crippen LogP contribution is 2.27. The third-order valence-corrected chi connectivity index (χ3v) is 7.76. The summed E-state index contributed by atoms with van der Waals surface area (Å²) in [5.74, 6) is 6.61. The third kappa shape index (κ3) is 9.05. The summed E-state index contributed by atoms with van der Waals surface area (Å²) in [5.41, 5.74) is 4.66. The molecule has 1 aliphatic rings. The van der Waals surface area contributed by atoms with Crippen molar-refractivity contribution in [3.8, 4) is 23.3 Å². The van der Waals surface area contributed by atoms with Crippen molar-refractivity contribution in [3.63, 3.8) is 0 Å². The summed E-state index contributed by atoms with van der Waals surface area (Å²) in [5, 5.41) is 18.5. The largest absolute Gasteiger partial charge is 0.489 e. The maximum absolute atomic E-state index is 11.9. The van der Waals surface area contributed by atoms with Crippen molar-refractivity contribution < 1.29 is 28.7 Å². The SMILES string of the molecule is Cc1cc(OCC=C(c2ccc(C#CCN3CCC(O)CC3)cc2)c2ccc(S(C)=O)cc2)ccc1OCC(=O)O. The molecule has 3 aromatic carbocycles. The first-order valence-electron chi connectivity index (χ1n) is 13.5. The zero-order valence-electron chi connectivity index (χ0n) is 23.3. The highest BCUT2D eigenvalue weighted by Gasteiger charge is 2.15. The summed E-state index contributed by atoms with van der Waals surface area (Å²) in [6, 6.07) is 21.0. The van der Waals surface area contributed by atoms with Crippen LogP contribution in [0.2, 0.25) is 0 Å². The summed E-state index contributed by atoms with van der Waals surface area (Å²) in [6.45, 7) is 4.18. The van der Waals surface area contributed by atoms with Crippen molar-refractivity contribution in [2.75, 3.05) is 39.1 Å². The number of rotatable bonds is 10. The highest BCUT2D eigenvalue weighted by molar-refractivity contribution is 7.84. The molecule has 8 heteroatoms. The van der Waals surface area contributed by atoms with Gasteiger partial charge in [0, 0.05) is 40.6 Å². The zero-order valence-corrected chi connectivity index (χ0v) is 24.2. The van der Waals surface area contributed by atoms with Crippen LogP contribution in [-0.2, 0) is 15.6 Å². The van der Waals surface area contributed by atoms with Gasteiger partial charge in [0.25, 0.3) is 0 Å². The van der Waals surface area contributed by atoms with Crippen molar-refractivity contribution in [2.24, 2.45) is 0 Å². The maximum Gasteiger partial charge on any atom is 0.341 e. The van der Waals surface area contributed by atoms with Gasteiger partial charge in [-0.25, -0.2) is 4.79 Å². The molecule has 3 aromatic rings. The maximum atomic E-state index is 11.9. The van der Waals surface area contributed by atoms with Crippen LogP contribution in [0.4, 0.5) is 0 Å². The number of hydrogen-bond donors (Lipinski definition) is 2. The minimum Gasteiger partial charge on any atom is -0.489 e. The van der Waals surface area contributed by atoms with Gasteiger partial charge < -0.3 is 19.7 Å². The number of hydrogen-bond acceptors (Lipinski definition) is 6. The average Bonchev–Trinajstić information content (AvgIpc) is 2.96. The van der Waals surface area contributed by atoms with E-state index in [0.29, 0.717) is 24.7 Å². The highest BCUT2D eigenvalue weighted by atomic mass is 32.2. The molecule has 41 heavy (non-hydrogen) atoms. The Kier molecular flexibility index (Phi) is 10.7. The van der Waals surface area contributed by atoms with Crippen LogP contribution in [0.5, 0.6) is 11.5 Å². The predicted octanol–water partition coefficient (Wildman–Crippen LogP) is 4.51.